The van der Waals surface area contributed by atoms with Crippen LogP contribution in [0.4, 0.5) is 0 Å². The van der Waals surface area contributed by atoms with Gasteiger partial charge in [0.2, 0.25) is 11.8 Å². The first-order valence-electron chi connectivity index (χ1n) is 10.8. The lowest BCUT2D eigenvalue weighted by molar-refractivity contribution is -0.136. The maximum atomic E-state index is 13.0. The Labute approximate surface area is 186 Å². The van der Waals surface area contributed by atoms with E-state index in [-0.39, 0.29) is 24.3 Å². The van der Waals surface area contributed by atoms with Crippen LogP contribution in [-0.2, 0) is 22.6 Å². The number of amides is 4. The van der Waals surface area contributed by atoms with Crippen molar-refractivity contribution < 1.29 is 19.2 Å². The van der Waals surface area contributed by atoms with Crippen molar-refractivity contribution in [1.82, 2.24) is 15.1 Å². The number of rotatable bonds is 8. The molecule has 0 aliphatic carbocycles. The maximum Gasteiger partial charge on any atom is 0.262 e. The molecule has 0 saturated carbocycles. The van der Waals surface area contributed by atoms with Crippen LogP contribution in [0.3, 0.4) is 0 Å². The lowest BCUT2D eigenvalue weighted by Gasteiger charge is -2.27. The summed E-state index contributed by atoms with van der Waals surface area (Å²) >= 11 is 0. The Morgan fingerprint density at radius 2 is 1.69 bits per heavy atom. The SMILES string of the molecule is NCCN(CCc1ccccc1)Cc1ccc2c(c1)C(=O)N(C1CCC(=O)NC1=O)C2=O. The zero-order valence-corrected chi connectivity index (χ0v) is 17.8. The molecule has 2 aliphatic rings. The van der Waals surface area contributed by atoms with E-state index in [9.17, 15) is 19.2 Å². The summed E-state index contributed by atoms with van der Waals surface area (Å²) in [7, 11) is 0. The van der Waals surface area contributed by atoms with Gasteiger partial charge in [0.05, 0.1) is 11.1 Å². The highest BCUT2D eigenvalue weighted by Crippen LogP contribution is 2.28. The summed E-state index contributed by atoms with van der Waals surface area (Å²) in [5.74, 6) is -1.98. The second kappa shape index (κ2) is 9.42. The number of nitrogens with one attached hydrogen (secondary N) is 1. The highest BCUT2D eigenvalue weighted by atomic mass is 16.2. The van der Waals surface area contributed by atoms with Gasteiger partial charge in [-0.05, 0) is 36.1 Å². The van der Waals surface area contributed by atoms with Gasteiger partial charge in [0.1, 0.15) is 6.04 Å². The van der Waals surface area contributed by atoms with E-state index < -0.39 is 23.8 Å². The zero-order chi connectivity index (χ0) is 22.7. The van der Waals surface area contributed by atoms with Crippen LogP contribution in [0.15, 0.2) is 48.5 Å². The molecule has 4 amide bonds. The number of hydrogen-bond donors (Lipinski definition) is 2. The number of carbonyl (C=O) groups excluding carboxylic acids is 4. The number of nitrogens with zero attached hydrogens (tertiary/aromatic N) is 2. The van der Waals surface area contributed by atoms with Crippen molar-refractivity contribution in [3.05, 3.63) is 70.8 Å². The molecule has 0 spiro atoms. The van der Waals surface area contributed by atoms with Gasteiger partial charge in [-0.15, -0.1) is 0 Å². The van der Waals surface area contributed by atoms with E-state index in [0.29, 0.717) is 25.2 Å². The normalized spacial score (nSPS) is 18.3. The van der Waals surface area contributed by atoms with Crippen LogP contribution in [0.1, 0.15) is 44.7 Å². The zero-order valence-electron chi connectivity index (χ0n) is 17.8. The average molecular weight is 434 g/mol. The fourth-order valence-electron chi connectivity index (χ4n) is 4.26. The molecule has 1 unspecified atom stereocenters. The second-order valence-electron chi connectivity index (χ2n) is 8.13. The fraction of sp³-hybridized carbons (Fsp3) is 0.333. The first kappa shape index (κ1) is 21.9. The standard InChI is InChI=1S/C24H26N4O4/c25-11-13-27(12-10-16-4-2-1-3-5-16)15-17-6-7-18-19(14-17)24(32)28(23(18)31)20-8-9-21(29)26-22(20)30/h1-7,14,20H,8-13,15,25H2,(H,26,29,30). The Balaban J connectivity index is 1.48. The van der Waals surface area contributed by atoms with E-state index >= 15 is 0 Å². The quantitative estimate of drug-likeness (QED) is 0.602. The minimum absolute atomic E-state index is 0.102. The Kier molecular flexibility index (Phi) is 6.43. The molecular formula is C24H26N4O4. The average Bonchev–Trinajstić information content (AvgIpc) is 3.03. The lowest BCUT2D eigenvalue weighted by atomic mass is 10.0. The van der Waals surface area contributed by atoms with Gasteiger partial charge in [0, 0.05) is 32.6 Å². The molecule has 1 fully saturated rings. The number of fused-ring (bicyclic) bond motifs is 1. The van der Waals surface area contributed by atoms with Crippen molar-refractivity contribution >= 4 is 23.6 Å². The lowest BCUT2D eigenvalue weighted by Crippen LogP contribution is -2.54. The number of imide groups is 2. The minimum atomic E-state index is -0.955. The summed E-state index contributed by atoms with van der Waals surface area (Å²) in [5.41, 5.74) is 8.53. The van der Waals surface area contributed by atoms with Gasteiger partial charge in [0.25, 0.3) is 11.8 Å². The maximum absolute atomic E-state index is 13.0. The molecule has 2 heterocycles. The van der Waals surface area contributed by atoms with Crippen molar-refractivity contribution in [1.29, 1.82) is 0 Å². The van der Waals surface area contributed by atoms with Crippen molar-refractivity contribution in [2.24, 2.45) is 5.73 Å². The van der Waals surface area contributed by atoms with Crippen molar-refractivity contribution in [3.8, 4) is 0 Å². The second-order valence-corrected chi connectivity index (χ2v) is 8.13. The molecule has 32 heavy (non-hydrogen) atoms. The third-order valence-electron chi connectivity index (χ3n) is 5.92. The Bertz CT molecular complexity index is 1050. The number of piperidine rings is 1. The number of benzene rings is 2. The molecular weight excluding hydrogens is 408 g/mol. The van der Waals surface area contributed by atoms with Crippen LogP contribution in [-0.4, -0.2) is 59.1 Å². The van der Waals surface area contributed by atoms with E-state index in [1.807, 2.05) is 24.3 Å². The molecule has 2 aromatic rings. The van der Waals surface area contributed by atoms with E-state index in [2.05, 4.69) is 22.3 Å². The first-order valence-corrected chi connectivity index (χ1v) is 10.8. The largest absolute Gasteiger partial charge is 0.329 e. The molecule has 0 aromatic heterocycles. The monoisotopic (exact) mass is 434 g/mol. The van der Waals surface area contributed by atoms with Gasteiger partial charge in [-0.3, -0.25) is 34.3 Å². The summed E-state index contributed by atoms with van der Waals surface area (Å²) in [6.45, 7) is 2.63. The van der Waals surface area contributed by atoms with E-state index in [1.54, 1.807) is 12.1 Å². The van der Waals surface area contributed by atoms with Gasteiger partial charge in [0.15, 0.2) is 0 Å². The molecule has 2 aromatic carbocycles. The Morgan fingerprint density at radius 1 is 0.938 bits per heavy atom. The smallest absolute Gasteiger partial charge is 0.262 e. The van der Waals surface area contributed by atoms with E-state index in [1.165, 1.54) is 5.56 Å². The summed E-state index contributed by atoms with van der Waals surface area (Å²) in [5, 5.41) is 2.21. The fourth-order valence-corrected chi connectivity index (χ4v) is 4.26. The molecule has 0 bridgehead atoms. The van der Waals surface area contributed by atoms with E-state index in [0.717, 1.165) is 23.4 Å². The van der Waals surface area contributed by atoms with Gasteiger partial charge < -0.3 is 5.73 Å². The van der Waals surface area contributed by atoms with Crippen LogP contribution in [0.2, 0.25) is 0 Å². The number of hydrogen-bond acceptors (Lipinski definition) is 6. The van der Waals surface area contributed by atoms with E-state index in [4.69, 9.17) is 5.73 Å². The Morgan fingerprint density at radius 3 is 2.41 bits per heavy atom. The van der Waals surface area contributed by atoms with Crippen LogP contribution in [0.25, 0.3) is 0 Å². The van der Waals surface area contributed by atoms with Gasteiger partial charge >= 0.3 is 0 Å². The summed E-state index contributed by atoms with van der Waals surface area (Å²) in [6, 6.07) is 14.4. The predicted molar refractivity (Wildman–Crippen MR) is 118 cm³/mol. The molecule has 4 rings (SSSR count). The molecule has 1 atom stereocenters. The van der Waals surface area contributed by atoms with Crippen LogP contribution >= 0.6 is 0 Å². The van der Waals surface area contributed by atoms with Crippen LogP contribution < -0.4 is 11.1 Å². The third kappa shape index (κ3) is 4.46. The van der Waals surface area contributed by atoms with Crippen molar-refractivity contribution in [3.63, 3.8) is 0 Å². The molecule has 2 aliphatic heterocycles. The molecule has 0 radical (unpaired) electrons. The summed E-state index contributed by atoms with van der Waals surface area (Å²) in [6.07, 6.45) is 1.13. The van der Waals surface area contributed by atoms with Crippen LogP contribution in [0, 0.1) is 0 Å². The topological polar surface area (TPSA) is 113 Å². The summed E-state index contributed by atoms with van der Waals surface area (Å²) in [4.78, 5) is 52.7. The third-order valence-corrected chi connectivity index (χ3v) is 5.92. The minimum Gasteiger partial charge on any atom is -0.329 e. The predicted octanol–water partition coefficient (Wildman–Crippen LogP) is 1.09. The van der Waals surface area contributed by atoms with Gasteiger partial charge in [-0.2, -0.15) is 0 Å². The number of carbonyl (C=O) groups is 4. The molecule has 3 N–H and O–H groups in total. The van der Waals surface area contributed by atoms with Crippen molar-refractivity contribution in [2.45, 2.75) is 31.8 Å². The van der Waals surface area contributed by atoms with Gasteiger partial charge in [-0.1, -0.05) is 36.4 Å². The number of nitrogens with two attached hydrogens (primary N) is 1. The molecule has 166 valence electrons. The molecule has 8 heteroatoms. The van der Waals surface area contributed by atoms with Crippen LogP contribution in [0.5, 0.6) is 0 Å². The van der Waals surface area contributed by atoms with Gasteiger partial charge in [-0.25, -0.2) is 0 Å². The first-order chi connectivity index (χ1) is 15.5. The highest BCUT2D eigenvalue weighted by Gasteiger charge is 2.44. The Hall–Kier alpha value is -3.36. The molecule has 1 saturated heterocycles. The summed E-state index contributed by atoms with van der Waals surface area (Å²) < 4.78 is 0. The molecule has 8 nitrogen and oxygen atoms in total. The highest BCUT2D eigenvalue weighted by molar-refractivity contribution is 6.23. The van der Waals surface area contributed by atoms with Crippen molar-refractivity contribution in [2.75, 3.05) is 19.6 Å².